The number of rotatable bonds is 3. The van der Waals surface area contributed by atoms with Gasteiger partial charge in [-0.15, -0.1) is 0 Å². The highest BCUT2D eigenvalue weighted by molar-refractivity contribution is 5.81. The Morgan fingerprint density at radius 1 is 1.33 bits per heavy atom. The molecule has 0 unspecified atom stereocenters. The summed E-state index contributed by atoms with van der Waals surface area (Å²) in [6.45, 7) is 1.66. The van der Waals surface area contributed by atoms with Crippen molar-refractivity contribution in [3.8, 4) is 0 Å². The predicted molar refractivity (Wildman–Crippen MR) is 50.6 cm³/mol. The Hall–Kier alpha value is -1.58. The van der Waals surface area contributed by atoms with E-state index >= 15 is 0 Å². The summed E-state index contributed by atoms with van der Waals surface area (Å²) >= 11 is 0. The smallest absolute Gasteiger partial charge is 0.166 e. The van der Waals surface area contributed by atoms with Crippen LogP contribution in [0.5, 0.6) is 0 Å². The van der Waals surface area contributed by atoms with Crippen molar-refractivity contribution >= 4 is 11.9 Å². The number of benzene rings is 1. The van der Waals surface area contributed by atoms with Crippen molar-refractivity contribution < 1.29 is 18.0 Å². The summed E-state index contributed by atoms with van der Waals surface area (Å²) in [6, 6.07) is 1.34. The van der Waals surface area contributed by atoms with Crippen molar-refractivity contribution in [2.24, 2.45) is 0 Å². The lowest BCUT2D eigenvalue weighted by molar-refractivity contribution is -0.104. The van der Waals surface area contributed by atoms with Crippen molar-refractivity contribution in [2.75, 3.05) is 0 Å². The first-order valence-corrected chi connectivity index (χ1v) is 4.39. The van der Waals surface area contributed by atoms with E-state index in [9.17, 15) is 18.0 Å². The topological polar surface area (TPSA) is 17.1 Å². The number of carbonyl (C=O) groups excluding carboxylic acids is 1. The lowest BCUT2D eigenvalue weighted by atomic mass is 10.0. The van der Waals surface area contributed by atoms with Crippen LogP contribution in [0.2, 0.25) is 0 Å². The van der Waals surface area contributed by atoms with Crippen molar-refractivity contribution in [3.05, 3.63) is 41.2 Å². The fourth-order valence-electron chi connectivity index (χ4n) is 1.27. The first-order valence-electron chi connectivity index (χ1n) is 4.39. The van der Waals surface area contributed by atoms with E-state index in [1.807, 2.05) is 0 Å². The molecule has 0 aromatic heterocycles. The average molecular weight is 214 g/mol. The van der Waals surface area contributed by atoms with Crippen LogP contribution in [0.25, 0.3) is 5.57 Å². The first-order chi connectivity index (χ1) is 7.10. The molecule has 0 atom stereocenters. The molecule has 0 spiro atoms. The fraction of sp³-hybridized carbons (Fsp3) is 0.182. The van der Waals surface area contributed by atoms with Gasteiger partial charge < -0.3 is 0 Å². The van der Waals surface area contributed by atoms with Gasteiger partial charge in [-0.2, -0.15) is 0 Å². The number of carbonyl (C=O) groups is 1. The minimum absolute atomic E-state index is 0.206. The highest BCUT2D eigenvalue weighted by Gasteiger charge is 2.13. The summed E-state index contributed by atoms with van der Waals surface area (Å²) in [5.74, 6) is -3.25. The second-order valence-electron chi connectivity index (χ2n) is 2.93. The van der Waals surface area contributed by atoms with Crippen LogP contribution in [0, 0.1) is 17.5 Å². The standard InChI is InChI=1S/C11H9F3O/c1-2-7(3-4-15)9-5-8(12)6-10(13)11(9)14/h3-6H,2H2,1H3/b7-3+. The molecule has 1 rings (SSSR count). The number of hydrogen-bond donors (Lipinski definition) is 0. The van der Waals surface area contributed by atoms with Gasteiger partial charge in [0.25, 0.3) is 0 Å². The van der Waals surface area contributed by atoms with Gasteiger partial charge in [-0.25, -0.2) is 13.2 Å². The number of allylic oxidation sites excluding steroid dienone is 2. The molecule has 0 fully saturated rings. The molecule has 0 amide bonds. The minimum Gasteiger partial charge on any atom is -0.299 e. The Bertz CT molecular complexity index is 411. The van der Waals surface area contributed by atoms with Crippen LogP contribution in [0.1, 0.15) is 18.9 Å². The molecule has 0 radical (unpaired) electrons. The second kappa shape index (κ2) is 4.77. The average Bonchev–Trinajstić information content (AvgIpc) is 2.20. The molecule has 0 aliphatic carbocycles. The van der Waals surface area contributed by atoms with Crippen LogP contribution in [-0.2, 0) is 4.79 Å². The Balaban J connectivity index is 3.35. The van der Waals surface area contributed by atoms with Crippen molar-refractivity contribution in [3.63, 3.8) is 0 Å². The molecule has 0 N–H and O–H groups in total. The van der Waals surface area contributed by atoms with E-state index in [0.29, 0.717) is 18.8 Å². The summed E-state index contributed by atoms with van der Waals surface area (Å²) in [5, 5.41) is 0. The van der Waals surface area contributed by atoms with Gasteiger partial charge in [0.2, 0.25) is 0 Å². The summed E-state index contributed by atoms with van der Waals surface area (Å²) in [5.41, 5.74) is 0.0583. The van der Waals surface area contributed by atoms with Gasteiger partial charge in [0, 0.05) is 11.6 Å². The van der Waals surface area contributed by atoms with E-state index in [4.69, 9.17) is 0 Å². The van der Waals surface area contributed by atoms with Crippen LogP contribution in [0.4, 0.5) is 13.2 Å². The van der Waals surface area contributed by atoms with Crippen LogP contribution < -0.4 is 0 Å². The maximum absolute atomic E-state index is 13.2. The van der Waals surface area contributed by atoms with E-state index < -0.39 is 17.5 Å². The third-order valence-corrected chi connectivity index (χ3v) is 1.99. The number of hydrogen-bond acceptors (Lipinski definition) is 1. The molecule has 1 aromatic rings. The molecule has 0 saturated heterocycles. The molecular formula is C11H9F3O. The third-order valence-electron chi connectivity index (χ3n) is 1.99. The monoisotopic (exact) mass is 214 g/mol. The second-order valence-corrected chi connectivity index (χ2v) is 2.93. The van der Waals surface area contributed by atoms with E-state index in [1.165, 1.54) is 0 Å². The molecule has 1 aromatic carbocycles. The Labute approximate surface area is 85.2 Å². The molecule has 15 heavy (non-hydrogen) atoms. The summed E-state index contributed by atoms with van der Waals surface area (Å²) < 4.78 is 38.9. The molecular weight excluding hydrogens is 205 g/mol. The Kier molecular flexibility index (Phi) is 3.66. The summed E-state index contributed by atoms with van der Waals surface area (Å²) in [4.78, 5) is 10.2. The van der Waals surface area contributed by atoms with Gasteiger partial charge in [-0.1, -0.05) is 6.92 Å². The van der Waals surface area contributed by atoms with Crippen molar-refractivity contribution in [2.45, 2.75) is 13.3 Å². The molecule has 0 aliphatic heterocycles. The molecule has 0 bridgehead atoms. The van der Waals surface area contributed by atoms with Gasteiger partial charge in [0.1, 0.15) is 12.1 Å². The Morgan fingerprint density at radius 2 is 2.00 bits per heavy atom. The predicted octanol–water partition coefficient (Wildman–Crippen LogP) is 3.10. The van der Waals surface area contributed by atoms with E-state index in [0.717, 1.165) is 12.1 Å². The lowest BCUT2D eigenvalue weighted by Gasteiger charge is -2.06. The van der Waals surface area contributed by atoms with Crippen molar-refractivity contribution in [1.29, 1.82) is 0 Å². The molecule has 1 nitrogen and oxygen atoms in total. The van der Waals surface area contributed by atoms with Crippen LogP contribution in [0.15, 0.2) is 18.2 Å². The van der Waals surface area contributed by atoms with Crippen LogP contribution in [-0.4, -0.2) is 6.29 Å². The highest BCUT2D eigenvalue weighted by atomic mass is 19.2. The number of aldehydes is 1. The zero-order valence-corrected chi connectivity index (χ0v) is 8.06. The van der Waals surface area contributed by atoms with Crippen molar-refractivity contribution in [1.82, 2.24) is 0 Å². The maximum Gasteiger partial charge on any atom is 0.166 e. The quantitative estimate of drug-likeness (QED) is 0.429. The largest absolute Gasteiger partial charge is 0.299 e. The van der Waals surface area contributed by atoms with E-state index in [-0.39, 0.29) is 11.1 Å². The van der Waals surface area contributed by atoms with Gasteiger partial charge in [-0.05, 0) is 24.1 Å². The SMILES string of the molecule is CC/C(=C\C=O)c1cc(F)cc(F)c1F. The normalized spacial score (nSPS) is 11.6. The zero-order chi connectivity index (χ0) is 11.4. The van der Waals surface area contributed by atoms with Gasteiger partial charge in [0.15, 0.2) is 11.6 Å². The van der Waals surface area contributed by atoms with Crippen LogP contribution >= 0.6 is 0 Å². The van der Waals surface area contributed by atoms with Gasteiger partial charge in [0.05, 0.1) is 0 Å². The van der Waals surface area contributed by atoms with Gasteiger partial charge >= 0.3 is 0 Å². The molecule has 0 heterocycles. The zero-order valence-electron chi connectivity index (χ0n) is 8.06. The first kappa shape index (κ1) is 11.5. The minimum atomic E-state index is -1.25. The Morgan fingerprint density at radius 3 is 2.53 bits per heavy atom. The molecule has 0 aliphatic rings. The molecule has 80 valence electrons. The number of halogens is 3. The highest BCUT2D eigenvalue weighted by Crippen LogP contribution is 2.23. The summed E-state index contributed by atoms with van der Waals surface area (Å²) in [6.07, 6.45) is 1.87. The maximum atomic E-state index is 13.2. The molecule has 4 heteroatoms. The van der Waals surface area contributed by atoms with E-state index in [1.54, 1.807) is 6.92 Å². The molecule has 0 saturated carbocycles. The van der Waals surface area contributed by atoms with Crippen LogP contribution in [0.3, 0.4) is 0 Å². The summed E-state index contributed by atoms with van der Waals surface area (Å²) in [7, 11) is 0. The van der Waals surface area contributed by atoms with Gasteiger partial charge in [-0.3, -0.25) is 4.79 Å². The van der Waals surface area contributed by atoms with E-state index in [2.05, 4.69) is 0 Å². The fourth-order valence-corrected chi connectivity index (χ4v) is 1.27. The third kappa shape index (κ3) is 2.46. The lowest BCUT2D eigenvalue weighted by Crippen LogP contribution is -1.96.